The molecule has 0 saturated heterocycles. The minimum absolute atomic E-state index is 0.0719. The molecule has 0 bridgehead atoms. The van der Waals surface area contributed by atoms with E-state index < -0.39 is 0 Å². The molecule has 0 heterocycles. The average Bonchev–Trinajstić information content (AvgIpc) is 3.01. The van der Waals surface area contributed by atoms with Crippen LogP contribution in [0.4, 0.5) is 0 Å². The number of ketones is 1. The molecule has 1 aliphatic rings. The normalized spacial score (nSPS) is 18.6. The third-order valence-electron chi connectivity index (χ3n) is 2.88. The molecule has 3 nitrogen and oxygen atoms in total. The van der Waals surface area contributed by atoms with Crippen LogP contribution in [0.15, 0.2) is 0 Å². The maximum absolute atomic E-state index is 11.6. The molecule has 1 atom stereocenters. The van der Waals surface area contributed by atoms with Gasteiger partial charge in [0.15, 0.2) is 0 Å². The van der Waals surface area contributed by atoms with Crippen LogP contribution in [0.3, 0.4) is 0 Å². The first-order valence-electron chi connectivity index (χ1n) is 5.48. The highest BCUT2D eigenvalue weighted by Crippen LogP contribution is 2.28. The number of hydrogen-bond donors (Lipinski definition) is 0. The first kappa shape index (κ1) is 11.7. The van der Waals surface area contributed by atoms with Crippen LogP contribution in [-0.2, 0) is 9.53 Å². The van der Waals surface area contributed by atoms with E-state index in [2.05, 4.69) is 4.90 Å². The number of rotatable bonds is 7. The molecule has 1 aliphatic carbocycles. The van der Waals surface area contributed by atoms with Crippen molar-refractivity contribution in [1.82, 2.24) is 4.90 Å². The molecule has 1 saturated carbocycles. The highest BCUT2D eigenvalue weighted by Gasteiger charge is 2.33. The van der Waals surface area contributed by atoms with Crippen LogP contribution in [0.1, 0.15) is 33.1 Å². The molecule has 0 N–H and O–H groups in total. The summed E-state index contributed by atoms with van der Waals surface area (Å²) >= 11 is 0. The molecular weight excluding hydrogens is 178 g/mol. The number of methoxy groups -OCH3 is 1. The van der Waals surface area contributed by atoms with Crippen LogP contribution in [0.2, 0.25) is 0 Å². The van der Waals surface area contributed by atoms with Gasteiger partial charge in [0.1, 0.15) is 5.78 Å². The summed E-state index contributed by atoms with van der Waals surface area (Å²) in [6, 6.07) is 0.707. The maximum atomic E-state index is 11.6. The molecule has 0 amide bonds. The topological polar surface area (TPSA) is 29.5 Å². The summed E-state index contributed by atoms with van der Waals surface area (Å²) in [4.78, 5) is 13.9. The lowest BCUT2D eigenvalue weighted by atomic mass is 10.1. The van der Waals surface area contributed by atoms with E-state index in [4.69, 9.17) is 4.74 Å². The second-order valence-electron chi connectivity index (χ2n) is 3.96. The molecule has 0 aromatic rings. The number of Topliss-reactive ketones (excluding diaryl/α,β-unsaturated/α-hetero) is 1. The Morgan fingerprint density at radius 1 is 1.57 bits per heavy atom. The van der Waals surface area contributed by atoms with Crippen LogP contribution < -0.4 is 0 Å². The fourth-order valence-corrected chi connectivity index (χ4v) is 1.78. The fourth-order valence-electron chi connectivity index (χ4n) is 1.78. The third-order valence-corrected chi connectivity index (χ3v) is 2.88. The van der Waals surface area contributed by atoms with Crippen molar-refractivity contribution >= 4 is 5.78 Å². The van der Waals surface area contributed by atoms with Crippen molar-refractivity contribution in [2.45, 2.75) is 45.2 Å². The van der Waals surface area contributed by atoms with E-state index in [1.54, 1.807) is 7.11 Å². The molecule has 0 aliphatic heterocycles. The van der Waals surface area contributed by atoms with Gasteiger partial charge in [0.25, 0.3) is 0 Å². The Balaban J connectivity index is 2.43. The summed E-state index contributed by atoms with van der Waals surface area (Å²) in [7, 11) is 1.71. The van der Waals surface area contributed by atoms with E-state index in [0.717, 1.165) is 13.2 Å². The molecule has 1 unspecified atom stereocenters. The van der Waals surface area contributed by atoms with Gasteiger partial charge in [-0.05, 0) is 19.8 Å². The number of carbonyl (C=O) groups excluding carboxylic acids is 1. The van der Waals surface area contributed by atoms with Crippen LogP contribution >= 0.6 is 0 Å². The van der Waals surface area contributed by atoms with Gasteiger partial charge in [0.05, 0.1) is 12.6 Å². The van der Waals surface area contributed by atoms with Gasteiger partial charge in [0, 0.05) is 26.1 Å². The van der Waals surface area contributed by atoms with Crippen LogP contribution in [0.25, 0.3) is 0 Å². The SMILES string of the molecule is CCC(=O)C(C)N(CCOC)C1CC1. The standard InChI is InChI=1S/C11H21NO2/c1-4-11(13)9(2)12(7-8-14-3)10-5-6-10/h9-10H,4-8H2,1-3H3. The summed E-state index contributed by atoms with van der Waals surface area (Å²) in [5, 5.41) is 0. The van der Waals surface area contributed by atoms with Crippen molar-refractivity contribution < 1.29 is 9.53 Å². The zero-order valence-corrected chi connectivity index (χ0v) is 9.45. The Bertz CT molecular complexity index is 190. The Hall–Kier alpha value is -0.410. The molecule has 14 heavy (non-hydrogen) atoms. The highest BCUT2D eigenvalue weighted by atomic mass is 16.5. The lowest BCUT2D eigenvalue weighted by Gasteiger charge is -2.27. The monoisotopic (exact) mass is 199 g/mol. The first-order chi connectivity index (χ1) is 6.70. The van der Waals surface area contributed by atoms with Gasteiger partial charge >= 0.3 is 0 Å². The average molecular weight is 199 g/mol. The Morgan fingerprint density at radius 3 is 2.64 bits per heavy atom. The van der Waals surface area contributed by atoms with Crippen molar-refractivity contribution in [3.05, 3.63) is 0 Å². The van der Waals surface area contributed by atoms with Gasteiger partial charge in [0.2, 0.25) is 0 Å². The van der Waals surface area contributed by atoms with Gasteiger partial charge in [-0.15, -0.1) is 0 Å². The fraction of sp³-hybridized carbons (Fsp3) is 0.909. The van der Waals surface area contributed by atoms with Crippen molar-refractivity contribution in [3.8, 4) is 0 Å². The quantitative estimate of drug-likeness (QED) is 0.622. The van der Waals surface area contributed by atoms with E-state index in [9.17, 15) is 4.79 Å². The summed E-state index contributed by atoms with van der Waals surface area (Å²) in [5.74, 6) is 0.341. The largest absolute Gasteiger partial charge is 0.383 e. The molecule has 1 rings (SSSR count). The molecule has 82 valence electrons. The van der Waals surface area contributed by atoms with E-state index in [1.807, 2.05) is 13.8 Å². The van der Waals surface area contributed by atoms with E-state index in [1.165, 1.54) is 12.8 Å². The lowest BCUT2D eigenvalue weighted by Crippen LogP contribution is -2.42. The van der Waals surface area contributed by atoms with Gasteiger partial charge in [-0.1, -0.05) is 6.92 Å². The Kier molecular flexibility index (Phi) is 4.55. The Labute approximate surface area is 86.4 Å². The minimum Gasteiger partial charge on any atom is -0.383 e. The summed E-state index contributed by atoms with van der Waals surface area (Å²) in [5.41, 5.74) is 0. The molecule has 0 aromatic carbocycles. The van der Waals surface area contributed by atoms with E-state index in [-0.39, 0.29) is 6.04 Å². The molecular formula is C11H21NO2. The number of hydrogen-bond acceptors (Lipinski definition) is 3. The van der Waals surface area contributed by atoms with Crippen LogP contribution in [0.5, 0.6) is 0 Å². The van der Waals surface area contributed by atoms with Gasteiger partial charge < -0.3 is 4.74 Å². The summed E-state index contributed by atoms with van der Waals surface area (Å²) in [6.07, 6.45) is 3.12. The van der Waals surface area contributed by atoms with Crippen LogP contribution in [0, 0.1) is 0 Å². The zero-order valence-electron chi connectivity index (χ0n) is 9.45. The number of nitrogens with zero attached hydrogens (tertiary/aromatic N) is 1. The van der Waals surface area contributed by atoms with Crippen molar-refractivity contribution in [2.75, 3.05) is 20.3 Å². The minimum atomic E-state index is 0.0719. The van der Waals surface area contributed by atoms with Crippen molar-refractivity contribution in [2.24, 2.45) is 0 Å². The highest BCUT2D eigenvalue weighted by molar-refractivity contribution is 5.83. The smallest absolute Gasteiger partial charge is 0.149 e. The van der Waals surface area contributed by atoms with Crippen molar-refractivity contribution in [3.63, 3.8) is 0 Å². The number of ether oxygens (including phenoxy) is 1. The van der Waals surface area contributed by atoms with E-state index in [0.29, 0.717) is 18.2 Å². The summed E-state index contributed by atoms with van der Waals surface area (Å²) < 4.78 is 5.06. The lowest BCUT2D eigenvalue weighted by molar-refractivity contribution is -0.123. The third kappa shape index (κ3) is 3.07. The second kappa shape index (κ2) is 5.47. The molecule has 0 spiro atoms. The van der Waals surface area contributed by atoms with Gasteiger partial charge in [-0.2, -0.15) is 0 Å². The maximum Gasteiger partial charge on any atom is 0.149 e. The predicted molar refractivity (Wildman–Crippen MR) is 56.4 cm³/mol. The zero-order chi connectivity index (χ0) is 10.6. The van der Waals surface area contributed by atoms with E-state index >= 15 is 0 Å². The van der Waals surface area contributed by atoms with Gasteiger partial charge in [-0.25, -0.2) is 0 Å². The summed E-state index contributed by atoms with van der Waals surface area (Å²) in [6.45, 7) is 5.55. The molecule has 0 aromatic heterocycles. The Morgan fingerprint density at radius 2 is 2.21 bits per heavy atom. The first-order valence-corrected chi connectivity index (χ1v) is 5.48. The van der Waals surface area contributed by atoms with Crippen molar-refractivity contribution in [1.29, 1.82) is 0 Å². The molecule has 0 radical (unpaired) electrons. The van der Waals surface area contributed by atoms with Gasteiger partial charge in [-0.3, -0.25) is 9.69 Å². The molecule has 3 heteroatoms. The second-order valence-corrected chi connectivity index (χ2v) is 3.96. The predicted octanol–water partition coefficient (Wildman–Crippen LogP) is 1.46. The van der Waals surface area contributed by atoms with Crippen LogP contribution in [-0.4, -0.2) is 43.0 Å². The molecule has 1 fully saturated rings. The number of carbonyl (C=O) groups is 1.